The lowest BCUT2D eigenvalue weighted by atomic mass is 9.81. The SMILES string of the molecule is O=S(=O)(N[C@H]1CC[C@@](c2cc(F)ccc2F)(S(=O)(=O)N2CCC(C(F)(F)F)CC2)CC1)C(F)(F)F. The van der Waals surface area contributed by atoms with Crippen molar-refractivity contribution >= 4 is 20.0 Å². The molecule has 1 N–H and O–H groups in total. The fourth-order valence-corrected chi connectivity index (χ4v) is 7.85. The summed E-state index contributed by atoms with van der Waals surface area (Å²) >= 11 is 0. The first-order valence-corrected chi connectivity index (χ1v) is 13.4. The van der Waals surface area contributed by atoms with Crippen molar-refractivity contribution < 1.29 is 52.0 Å². The Kier molecular flexibility index (Phi) is 7.54. The average molecular weight is 559 g/mol. The van der Waals surface area contributed by atoms with Gasteiger partial charge in [-0.2, -0.15) is 26.3 Å². The highest BCUT2D eigenvalue weighted by Gasteiger charge is 2.55. The third-order valence-electron chi connectivity index (χ3n) is 6.59. The highest BCUT2D eigenvalue weighted by Crippen LogP contribution is 2.48. The van der Waals surface area contributed by atoms with Crippen molar-refractivity contribution in [3.63, 3.8) is 0 Å². The molecule has 35 heavy (non-hydrogen) atoms. The van der Waals surface area contributed by atoms with Crippen LogP contribution < -0.4 is 4.72 Å². The Morgan fingerprint density at radius 1 is 0.886 bits per heavy atom. The van der Waals surface area contributed by atoms with E-state index in [0.29, 0.717) is 12.1 Å². The van der Waals surface area contributed by atoms with E-state index in [2.05, 4.69) is 0 Å². The van der Waals surface area contributed by atoms with Gasteiger partial charge < -0.3 is 0 Å². The zero-order valence-electron chi connectivity index (χ0n) is 18.0. The maximum atomic E-state index is 14.8. The highest BCUT2D eigenvalue weighted by atomic mass is 32.2. The van der Waals surface area contributed by atoms with Gasteiger partial charge in [0, 0.05) is 24.7 Å². The summed E-state index contributed by atoms with van der Waals surface area (Å²) in [6.45, 7) is -1.06. The minimum atomic E-state index is -5.74. The molecule has 1 saturated heterocycles. The first-order chi connectivity index (χ1) is 15.9. The van der Waals surface area contributed by atoms with Crippen molar-refractivity contribution in [1.29, 1.82) is 0 Å². The summed E-state index contributed by atoms with van der Waals surface area (Å²) in [5.41, 5.74) is -6.21. The minimum absolute atomic E-state index is 0.469. The van der Waals surface area contributed by atoms with Crippen molar-refractivity contribution in [1.82, 2.24) is 9.03 Å². The molecule has 1 aromatic carbocycles. The fourth-order valence-electron chi connectivity index (χ4n) is 4.67. The minimum Gasteiger partial charge on any atom is -0.211 e. The lowest BCUT2D eigenvalue weighted by Crippen LogP contribution is -2.54. The van der Waals surface area contributed by atoms with Crippen LogP contribution in [0.2, 0.25) is 0 Å². The van der Waals surface area contributed by atoms with Crippen LogP contribution in [-0.4, -0.2) is 52.0 Å². The third-order valence-corrected chi connectivity index (χ3v) is 10.5. The highest BCUT2D eigenvalue weighted by molar-refractivity contribution is 7.90. The van der Waals surface area contributed by atoms with E-state index in [9.17, 15) is 52.0 Å². The van der Waals surface area contributed by atoms with E-state index in [1.165, 1.54) is 4.72 Å². The topological polar surface area (TPSA) is 83.5 Å². The van der Waals surface area contributed by atoms with Crippen LogP contribution in [-0.2, 0) is 24.8 Å². The van der Waals surface area contributed by atoms with Gasteiger partial charge in [0.2, 0.25) is 10.0 Å². The van der Waals surface area contributed by atoms with Crippen molar-refractivity contribution in [2.45, 2.75) is 61.0 Å². The summed E-state index contributed by atoms with van der Waals surface area (Å²) in [6.07, 6.45) is -7.72. The Hall–Kier alpha value is -1.52. The van der Waals surface area contributed by atoms with Gasteiger partial charge in [-0.15, -0.1) is 0 Å². The lowest BCUT2D eigenvalue weighted by molar-refractivity contribution is -0.182. The summed E-state index contributed by atoms with van der Waals surface area (Å²) < 4.78 is 156. The van der Waals surface area contributed by atoms with Gasteiger partial charge in [-0.3, -0.25) is 0 Å². The average Bonchev–Trinajstić information content (AvgIpc) is 2.74. The van der Waals surface area contributed by atoms with E-state index in [1.807, 2.05) is 0 Å². The van der Waals surface area contributed by atoms with Crippen LogP contribution in [0.5, 0.6) is 0 Å². The molecule has 2 fully saturated rings. The molecular formula is C19H22F8N2O4S2. The predicted octanol–water partition coefficient (Wildman–Crippen LogP) is 4.15. The Balaban J connectivity index is 1.94. The van der Waals surface area contributed by atoms with Gasteiger partial charge in [-0.05, 0) is 56.7 Å². The zero-order valence-corrected chi connectivity index (χ0v) is 19.6. The summed E-state index contributed by atoms with van der Waals surface area (Å²) in [4.78, 5) is 0. The normalized spacial score (nSPS) is 26.1. The maximum absolute atomic E-state index is 14.8. The van der Waals surface area contributed by atoms with Crippen LogP contribution in [0.1, 0.15) is 44.1 Å². The molecule has 1 aliphatic heterocycles. The second kappa shape index (κ2) is 9.41. The third kappa shape index (κ3) is 5.44. The van der Waals surface area contributed by atoms with Crippen LogP contribution in [0.25, 0.3) is 0 Å². The van der Waals surface area contributed by atoms with Crippen molar-refractivity contribution in [2.24, 2.45) is 5.92 Å². The lowest BCUT2D eigenvalue weighted by Gasteiger charge is -2.44. The van der Waals surface area contributed by atoms with Crippen molar-refractivity contribution in [3.05, 3.63) is 35.4 Å². The van der Waals surface area contributed by atoms with Gasteiger partial charge >= 0.3 is 21.7 Å². The number of hydrogen-bond acceptors (Lipinski definition) is 4. The Morgan fingerprint density at radius 3 is 1.91 bits per heavy atom. The Labute approximate surface area is 196 Å². The maximum Gasteiger partial charge on any atom is 0.511 e. The number of rotatable bonds is 5. The summed E-state index contributed by atoms with van der Waals surface area (Å²) in [6, 6.07) is 0.709. The number of sulfonamides is 2. The van der Waals surface area contributed by atoms with Gasteiger partial charge in [-0.25, -0.2) is 34.6 Å². The van der Waals surface area contributed by atoms with Crippen molar-refractivity contribution in [3.8, 4) is 0 Å². The smallest absolute Gasteiger partial charge is 0.211 e. The van der Waals surface area contributed by atoms with Gasteiger partial charge in [0.25, 0.3) is 0 Å². The molecule has 6 nitrogen and oxygen atoms in total. The first-order valence-electron chi connectivity index (χ1n) is 10.5. The van der Waals surface area contributed by atoms with Gasteiger partial charge in [0.05, 0.1) is 5.92 Å². The molecule has 1 heterocycles. The molecule has 200 valence electrons. The predicted molar refractivity (Wildman–Crippen MR) is 108 cm³/mol. The quantitative estimate of drug-likeness (QED) is 0.551. The molecule has 1 aromatic rings. The first kappa shape index (κ1) is 28.1. The Morgan fingerprint density at radius 2 is 1.43 bits per heavy atom. The van der Waals surface area contributed by atoms with E-state index in [4.69, 9.17) is 0 Å². The molecule has 1 aliphatic carbocycles. The number of hydrogen-bond donors (Lipinski definition) is 1. The molecule has 0 atom stereocenters. The summed E-state index contributed by atoms with van der Waals surface area (Å²) in [5, 5.41) is 0. The Bertz CT molecular complexity index is 1140. The molecule has 0 aromatic heterocycles. The van der Waals surface area contributed by atoms with E-state index in [-0.39, 0.29) is 0 Å². The summed E-state index contributed by atoms with van der Waals surface area (Å²) in [7, 11) is -10.4. The molecule has 0 radical (unpaired) electrons. The fraction of sp³-hybridized carbons (Fsp3) is 0.684. The van der Waals surface area contributed by atoms with E-state index < -0.39 is 117 Å². The largest absolute Gasteiger partial charge is 0.511 e. The second-order valence-electron chi connectivity index (χ2n) is 8.68. The monoisotopic (exact) mass is 558 g/mol. The number of nitrogens with zero attached hydrogens (tertiary/aromatic N) is 1. The molecule has 1 saturated carbocycles. The molecule has 16 heteroatoms. The molecule has 0 spiro atoms. The summed E-state index contributed by atoms with van der Waals surface area (Å²) in [5.74, 6) is -3.84. The van der Waals surface area contributed by atoms with Gasteiger partial charge in [0.1, 0.15) is 16.4 Å². The molecule has 0 unspecified atom stereocenters. The van der Waals surface area contributed by atoms with Crippen LogP contribution >= 0.6 is 0 Å². The van der Waals surface area contributed by atoms with E-state index in [0.717, 1.165) is 10.4 Å². The van der Waals surface area contributed by atoms with E-state index >= 15 is 0 Å². The number of benzene rings is 1. The molecule has 0 bridgehead atoms. The van der Waals surface area contributed by atoms with Crippen LogP contribution in [0, 0.1) is 17.6 Å². The number of halogens is 8. The van der Waals surface area contributed by atoms with E-state index in [1.54, 1.807) is 0 Å². The zero-order chi connectivity index (χ0) is 26.4. The number of nitrogens with one attached hydrogen (secondary N) is 1. The molecule has 3 rings (SSSR count). The van der Waals surface area contributed by atoms with Crippen molar-refractivity contribution in [2.75, 3.05) is 13.1 Å². The standard InChI is InChI=1S/C19H22F8N2O4S2/c20-13-1-2-16(21)15(11-13)17(7-3-14(4-8-17)28-34(30,31)19(25,26)27)35(32,33)29-9-5-12(6-10-29)18(22,23)24/h1-2,11-12,14,28H,3-10H2/t14-,17+. The second-order valence-corrected chi connectivity index (χ2v) is 12.6. The number of piperidine rings is 1. The van der Waals surface area contributed by atoms with Crippen LogP contribution in [0.15, 0.2) is 18.2 Å². The number of alkyl halides is 6. The molecular weight excluding hydrogens is 536 g/mol. The molecule has 2 aliphatic rings. The molecule has 0 amide bonds. The van der Waals surface area contributed by atoms with Crippen LogP contribution in [0.4, 0.5) is 35.1 Å². The van der Waals surface area contributed by atoms with Crippen LogP contribution in [0.3, 0.4) is 0 Å². The van der Waals surface area contributed by atoms with Gasteiger partial charge in [0.15, 0.2) is 0 Å². The van der Waals surface area contributed by atoms with Gasteiger partial charge in [-0.1, -0.05) is 0 Å².